The topological polar surface area (TPSA) is 43.7 Å². The van der Waals surface area contributed by atoms with Crippen LogP contribution in [0.2, 0.25) is 0 Å². The zero-order valence-corrected chi connectivity index (χ0v) is 13.0. The number of hydrogen-bond acceptors (Lipinski definition) is 3. The Morgan fingerprint density at radius 1 is 1.26 bits per heavy atom. The summed E-state index contributed by atoms with van der Waals surface area (Å²) in [5.74, 6) is 0.670. The van der Waals surface area contributed by atoms with Crippen molar-refractivity contribution >= 4 is 17.0 Å². The zero-order chi connectivity index (χ0) is 12.7. The number of phenolic OH excluding ortho intramolecular Hbond substituents is 2. The van der Waals surface area contributed by atoms with E-state index in [2.05, 4.69) is 11.8 Å². The Morgan fingerprint density at radius 3 is 2.79 bits per heavy atom. The number of piperidine rings is 1. The Hall–Kier alpha value is -0.740. The Balaban J connectivity index is 0.00000133. The first-order chi connectivity index (χ1) is 8.72. The summed E-state index contributed by atoms with van der Waals surface area (Å²) < 4.78 is 0. The van der Waals surface area contributed by atoms with Crippen molar-refractivity contribution in [3.63, 3.8) is 0 Å². The lowest BCUT2D eigenvalue weighted by Crippen LogP contribution is -2.46. The number of likely N-dealkylation sites (tertiary alicyclic amines) is 1. The van der Waals surface area contributed by atoms with E-state index in [1.54, 1.807) is 6.07 Å². The maximum absolute atomic E-state index is 9.99. The molecule has 0 unspecified atom stereocenters. The Morgan fingerprint density at radius 2 is 2.05 bits per heavy atom. The number of phenols is 2. The van der Waals surface area contributed by atoms with Gasteiger partial charge in [0.1, 0.15) is 0 Å². The van der Waals surface area contributed by atoms with Gasteiger partial charge in [0.2, 0.25) is 0 Å². The van der Waals surface area contributed by atoms with Crippen molar-refractivity contribution < 1.29 is 10.2 Å². The Kier molecular flexibility index (Phi) is 4.41. The Bertz CT molecular complexity index is 464. The zero-order valence-electron chi connectivity index (χ0n) is 11.3. The van der Waals surface area contributed by atoms with Gasteiger partial charge in [0.25, 0.3) is 0 Å². The lowest BCUT2D eigenvalue weighted by molar-refractivity contribution is 0.118. The van der Waals surface area contributed by atoms with Gasteiger partial charge in [0, 0.05) is 11.6 Å². The second-order valence-corrected chi connectivity index (χ2v) is 5.48. The number of nitrogens with zero attached hydrogens (tertiary/aromatic N) is 1. The van der Waals surface area contributed by atoms with Gasteiger partial charge in [-0.2, -0.15) is 0 Å². The number of likely N-dealkylation sites (N-methyl/N-ethyl adjacent to an activating group) is 1. The number of aromatic hydroxyl groups is 2. The second kappa shape index (κ2) is 5.71. The van der Waals surface area contributed by atoms with Crippen LogP contribution in [0.5, 0.6) is 11.5 Å². The molecule has 2 aliphatic rings. The van der Waals surface area contributed by atoms with E-state index >= 15 is 0 Å². The normalized spacial score (nSPS) is 26.2. The molecule has 0 aromatic heterocycles. The molecule has 19 heavy (non-hydrogen) atoms. The molecular formula is C15H22BrNO2. The summed E-state index contributed by atoms with van der Waals surface area (Å²) in [6.45, 7) is 4.55. The molecule has 3 nitrogen and oxygen atoms in total. The molecule has 1 saturated heterocycles. The van der Waals surface area contributed by atoms with E-state index in [9.17, 15) is 10.2 Å². The number of hydrogen-bond donors (Lipinski definition) is 2. The van der Waals surface area contributed by atoms with E-state index in [1.165, 1.54) is 24.9 Å². The van der Waals surface area contributed by atoms with Crippen LogP contribution in [0.3, 0.4) is 0 Å². The molecule has 0 radical (unpaired) electrons. The van der Waals surface area contributed by atoms with Crippen molar-refractivity contribution in [3.8, 4) is 11.5 Å². The van der Waals surface area contributed by atoms with E-state index in [0.717, 1.165) is 24.9 Å². The monoisotopic (exact) mass is 327 g/mol. The molecule has 2 N–H and O–H groups in total. The van der Waals surface area contributed by atoms with Crippen LogP contribution in [0.15, 0.2) is 12.1 Å². The first-order valence-corrected chi connectivity index (χ1v) is 7.00. The minimum absolute atomic E-state index is 0. The van der Waals surface area contributed by atoms with Gasteiger partial charge >= 0.3 is 0 Å². The van der Waals surface area contributed by atoms with Gasteiger partial charge in [0.05, 0.1) is 0 Å². The molecule has 1 fully saturated rings. The van der Waals surface area contributed by atoms with Crippen molar-refractivity contribution in [3.05, 3.63) is 23.3 Å². The average molecular weight is 328 g/mol. The smallest absolute Gasteiger partial charge is 0.160 e. The number of benzene rings is 1. The molecule has 1 aliphatic heterocycles. The summed E-state index contributed by atoms with van der Waals surface area (Å²) in [7, 11) is 0. The van der Waals surface area contributed by atoms with Gasteiger partial charge in [-0.25, -0.2) is 0 Å². The summed E-state index contributed by atoms with van der Waals surface area (Å²) in [5.41, 5.74) is 2.24. The second-order valence-electron chi connectivity index (χ2n) is 5.48. The highest BCUT2D eigenvalue weighted by Gasteiger charge is 2.36. The fourth-order valence-corrected chi connectivity index (χ4v) is 3.81. The van der Waals surface area contributed by atoms with E-state index in [-0.39, 0.29) is 28.5 Å². The van der Waals surface area contributed by atoms with Crippen LogP contribution in [0.1, 0.15) is 43.2 Å². The minimum Gasteiger partial charge on any atom is -0.504 e. The van der Waals surface area contributed by atoms with Gasteiger partial charge in [-0.3, -0.25) is 0 Å². The molecule has 0 spiro atoms. The summed E-state index contributed by atoms with van der Waals surface area (Å²) >= 11 is 0. The van der Waals surface area contributed by atoms with Gasteiger partial charge in [0.15, 0.2) is 11.5 Å². The molecular weight excluding hydrogens is 306 g/mol. The third kappa shape index (κ3) is 2.36. The fourth-order valence-electron chi connectivity index (χ4n) is 3.81. The summed E-state index contributed by atoms with van der Waals surface area (Å²) in [4.78, 5) is 2.57. The number of rotatable bonds is 1. The molecule has 0 amide bonds. The van der Waals surface area contributed by atoms with Gasteiger partial charge < -0.3 is 15.1 Å². The molecule has 0 saturated carbocycles. The molecule has 3 rings (SSSR count). The van der Waals surface area contributed by atoms with Crippen LogP contribution in [0.4, 0.5) is 0 Å². The molecule has 1 aromatic rings. The van der Waals surface area contributed by atoms with E-state index in [1.807, 2.05) is 6.07 Å². The lowest BCUT2D eigenvalue weighted by Gasteiger charge is -2.44. The quantitative estimate of drug-likeness (QED) is 0.778. The van der Waals surface area contributed by atoms with E-state index in [0.29, 0.717) is 12.0 Å². The van der Waals surface area contributed by atoms with E-state index in [4.69, 9.17) is 0 Å². The van der Waals surface area contributed by atoms with Crippen LogP contribution in [-0.4, -0.2) is 34.2 Å². The van der Waals surface area contributed by atoms with Crippen LogP contribution in [0, 0.1) is 0 Å². The molecule has 1 aliphatic carbocycles. The molecule has 1 aromatic carbocycles. The van der Waals surface area contributed by atoms with Crippen molar-refractivity contribution in [2.75, 3.05) is 13.1 Å². The molecule has 4 heteroatoms. The molecule has 2 atom stereocenters. The van der Waals surface area contributed by atoms with E-state index < -0.39 is 0 Å². The first kappa shape index (κ1) is 14.7. The fraction of sp³-hybridized carbons (Fsp3) is 0.600. The van der Waals surface area contributed by atoms with Gasteiger partial charge in [-0.1, -0.05) is 13.0 Å². The highest BCUT2D eigenvalue weighted by molar-refractivity contribution is 8.93. The lowest BCUT2D eigenvalue weighted by atomic mass is 9.74. The predicted octanol–water partition coefficient (Wildman–Crippen LogP) is 3.19. The van der Waals surface area contributed by atoms with Crippen LogP contribution >= 0.6 is 17.0 Å². The van der Waals surface area contributed by atoms with Crippen LogP contribution in [0.25, 0.3) is 0 Å². The largest absolute Gasteiger partial charge is 0.504 e. The predicted molar refractivity (Wildman–Crippen MR) is 81.4 cm³/mol. The summed E-state index contributed by atoms with van der Waals surface area (Å²) in [5, 5.41) is 19.6. The number of halogens is 1. The standard InChI is InChI=1S/C15H21NO2.BrH/c1-2-16-9-3-4-11-10-6-8-14(17)15(18)12(10)5-7-13(11)16;/h6,8,11,13,17-18H,2-5,7,9H2,1H3;1H/t11-,13-;/m1./s1. The molecule has 1 heterocycles. The van der Waals surface area contributed by atoms with Crippen molar-refractivity contribution in [1.29, 1.82) is 0 Å². The third-order valence-electron chi connectivity index (χ3n) is 4.69. The number of fused-ring (bicyclic) bond motifs is 3. The van der Waals surface area contributed by atoms with Crippen molar-refractivity contribution in [2.24, 2.45) is 0 Å². The van der Waals surface area contributed by atoms with Crippen LogP contribution < -0.4 is 0 Å². The molecule has 0 bridgehead atoms. The average Bonchev–Trinajstić information content (AvgIpc) is 2.41. The van der Waals surface area contributed by atoms with Crippen molar-refractivity contribution in [1.82, 2.24) is 4.90 Å². The highest BCUT2D eigenvalue weighted by atomic mass is 79.9. The van der Waals surface area contributed by atoms with Gasteiger partial charge in [-0.15, -0.1) is 17.0 Å². The molecule has 106 valence electrons. The maximum Gasteiger partial charge on any atom is 0.160 e. The summed E-state index contributed by atoms with van der Waals surface area (Å²) in [6, 6.07) is 4.28. The first-order valence-electron chi connectivity index (χ1n) is 7.00. The van der Waals surface area contributed by atoms with Gasteiger partial charge in [-0.05, 0) is 56.3 Å². The van der Waals surface area contributed by atoms with Crippen molar-refractivity contribution in [2.45, 2.75) is 44.6 Å². The van der Waals surface area contributed by atoms with Crippen LogP contribution in [-0.2, 0) is 6.42 Å². The highest BCUT2D eigenvalue weighted by Crippen LogP contribution is 2.45. The minimum atomic E-state index is 0. The Labute approximate surface area is 125 Å². The third-order valence-corrected chi connectivity index (χ3v) is 4.69. The summed E-state index contributed by atoms with van der Waals surface area (Å²) in [6.07, 6.45) is 4.42. The maximum atomic E-state index is 9.99. The SMILES string of the molecule is Br.CCN1CCC[C@@H]2c3ccc(O)c(O)c3CC[C@H]21.